The molecule has 0 spiro atoms. The fraction of sp³-hybridized carbons (Fsp3) is 0.176. The minimum atomic E-state index is -4.65. The van der Waals surface area contributed by atoms with Gasteiger partial charge in [0.15, 0.2) is 0 Å². The van der Waals surface area contributed by atoms with Gasteiger partial charge in [0.05, 0.1) is 13.3 Å². The molecule has 2 aromatic rings. The molecule has 0 unspecified atom stereocenters. The Morgan fingerprint density at radius 1 is 1.15 bits per heavy atom. The van der Waals surface area contributed by atoms with Crippen molar-refractivity contribution in [2.75, 3.05) is 7.11 Å². The van der Waals surface area contributed by atoms with E-state index < -0.39 is 24.2 Å². The van der Waals surface area contributed by atoms with E-state index in [-0.39, 0.29) is 5.56 Å². The van der Waals surface area contributed by atoms with Crippen LogP contribution >= 0.6 is 0 Å². The molecule has 26 heavy (non-hydrogen) atoms. The minimum absolute atomic E-state index is 0.0876. The molecule has 0 saturated carbocycles. The molecule has 0 bridgehead atoms. The Kier molecular flexibility index (Phi) is 6.16. The number of nitrogens with zero attached hydrogens (tertiary/aromatic N) is 1. The smallest absolute Gasteiger partial charge is 0.461 e. The van der Waals surface area contributed by atoms with Crippen molar-refractivity contribution in [3.8, 4) is 11.5 Å². The van der Waals surface area contributed by atoms with Crippen molar-refractivity contribution in [3.05, 3.63) is 59.7 Å². The Hall–Kier alpha value is -3.10. The monoisotopic (exact) mass is 370 g/mol. The number of halogens is 4. The molecule has 1 N–H and O–H groups in total. The van der Waals surface area contributed by atoms with Crippen molar-refractivity contribution in [1.29, 1.82) is 0 Å². The number of carbonyl (C=O) groups excluding carboxylic acids is 1. The summed E-state index contributed by atoms with van der Waals surface area (Å²) in [6, 6.07) is 11.3. The van der Waals surface area contributed by atoms with Crippen molar-refractivity contribution in [3.63, 3.8) is 0 Å². The Bertz CT molecular complexity index is 797. The summed E-state index contributed by atoms with van der Waals surface area (Å²) in [6.45, 7) is 0. The van der Waals surface area contributed by atoms with E-state index in [4.69, 9.17) is 4.74 Å². The first-order valence-electron chi connectivity index (χ1n) is 7.24. The van der Waals surface area contributed by atoms with Crippen LogP contribution in [-0.2, 0) is 0 Å². The predicted octanol–water partition coefficient (Wildman–Crippen LogP) is 3.70. The highest BCUT2D eigenvalue weighted by molar-refractivity contribution is 5.95. The van der Waals surface area contributed by atoms with Crippen LogP contribution in [0.15, 0.2) is 53.6 Å². The maximum atomic E-state index is 12.9. The summed E-state index contributed by atoms with van der Waals surface area (Å²) in [5.41, 5.74) is 2.76. The van der Waals surface area contributed by atoms with E-state index in [1.807, 2.05) is 0 Å². The van der Waals surface area contributed by atoms with Crippen molar-refractivity contribution < 1.29 is 31.8 Å². The lowest BCUT2D eigenvalue weighted by Gasteiger charge is -2.16. The predicted molar refractivity (Wildman–Crippen MR) is 86.1 cm³/mol. The molecule has 0 aromatic heterocycles. The molecule has 5 nitrogen and oxygen atoms in total. The minimum Gasteiger partial charge on any atom is -0.497 e. The summed E-state index contributed by atoms with van der Waals surface area (Å²) in [7, 11) is 1.50. The van der Waals surface area contributed by atoms with Crippen LogP contribution in [0.2, 0.25) is 0 Å². The van der Waals surface area contributed by atoms with Gasteiger partial charge in [-0.25, -0.2) is 5.43 Å². The molecule has 0 fully saturated rings. The topological polar surface area (TPSA) is 59.9 Å². The normalized spacial score (nSPS) is 11.6. The van der Waals surface area contributed by atoms with Crippen LogP contribution in [0.1, 0.15) is 15.9 Å². The molecule has 2 rings (SSSR count). The number of hydrazone groups is 1. The van der Waals surface area contributed by atoms with Gasteiger partial charge < -0.3 is 9.47 Å². The number of nitrogens with one attached hydrogen (secondary N) is 1. The van der Waals surface area contributed by atoms with E-state index in [0.29, 0.717) is 11.3 Å². The number of ether oxygens (including phenoxy) is 2. The fourth-order valence-corrected chi connectivity index (χ4v) is 1.85. The molecular weight excluding hydrogens is 356 g/mol. The summed E-state index contributed by atoms with van der Waals surface area (Å²) in [4.78, 5) is 12.0. The van der Waals surface area contributed by atoms with Crippen LogP contribution in [0.5, 0.6) is 11.5 Å². The molecule has 0 atom stereocenters. The zero-order valence-corrected chi connectivity index (χ0v) is 13.5. The van der Waals surface area contributed by atoms with Gasteiger partial charge in [-0.3, -0.25) is 4.79 Å². The quantitative estimate of drug-likeness (QED) is 0.459. The lowest BCUT2D eigenvalue weighted by atomic mass is 10.2. The van der Waals surface area contributed by atoms with E-state index in [9.17, 15) is 22.4 Å². The maximum absolute atomic E-state index is 12.9. The van der Waals surface area contributed by atoms with Crippen LogP contribution in [-0.4, -0.2) is 31.8 Å². The van der Waals surface area contributed by atoms with E-state index in [1.165, 1.54) is 25.5 Å². The highest BCUT2D eigenvalue weighted by Gasteiger charge is 2.44. The zero-order valence-electron chi connectivity index (χ0n) is 13.5. The third kappa shape index (κ3) is 5.20. The number of hydrogen-bond acceptors (Lipinski definition) is 4. The van der Waals surface area contributed by atoms with Gasteiger partial charge in [0.1, 0.15) is 11.5 Å². The molecule has 0 aliphatic carbocycles. The molecule has 0 radical (unpaired) electrons. The van der Waals surface area contributed by atoms with Gasteiger partial charge in [0.25, 0.3) is 5.91 Å². The van der Waals surface area contributed by atoms with Crippen LogP contribution in [0.25, 0.3) is 0 Å². The molecule has 0 saturated heterocycles. The average Bonchev–Trinajstić information content (AvgIpc) is 2.61. The molecule has 0 aliphatic heterocycles. The molecule has 0 aliphatic rings. The number of carbonyl (C=O) groups is 1. The van der Waals surface area contributed by atoms with Gasteiger partial charge in [-0.15, -0.1) is 0 Å². The summed E-state index contributed by atoms with van der Waals surface area (Å²) < 4.78 is 59.1. The number of rotatable bonds is 7. The number of methoxy groups -OCH3 is 1. The maximum Gasteiger partial charge on any atom is 0.461 e. The summed E-state index contributed by atoms with van der Waals surface area (Å²) in [5, 5.41) is 3.74. The molecule has 0 heterocycles. The average molecular weight is 370 g/mol. The van der Waals surface area contributed by atoms with Gasteiger partial charge in [-0.05, 0) is 35.9 Å². The van der Waals surface area contributed by atoms with Gasteiger partial charge in [-0.1, -0.05) is 18.2 Å². The third-order valence-corrected chi connectivity index (χ3v) is 3.08. The Morgan fingerprint density at radius 3 is 2.54 bits per heavy atom. The van der Waals surface area contributed by atoms with Gasteiger partial charge in [0.2, 0.25) is 0 Å². The Morgan fingerprint density at radius 2 is 1.85 bits per heavy atom. The molecular formula is C17H14F4N2O3. The van der Waals surface area contributed by atoms with Crippen molar-refractivity contribution in [2.24, 2.45) is 5.10 Å². The van der Waals surface area contributed by atoms with Gasteiger partial charge in [0, 0.05) is 5.56 Å². The lowest BCUT2D eigenvalue weighted by Crippen LogP contribution is -2.33. The van der Waals surface area contributed by atoms with E-state index in [2.05, 4.69) is 15.3 Å². The van der Waals surface area contributed by atoms with Crippen LogP contribution in [0, 0.1) is 0 Å². The molecule has 9 heteroatoms. The largest absolute Gasteiger partial charge is 0.497 e. The fourth-order valence-electron chi connectivity index (χ4n) is 1.85. The summed E-state index contributed by atoms with van der Waals surface area (Å²) in [6.07, 6.45) is -7.29. The van der Waals surface area contributed by atoms with E-state index in [1.54, 1.807) is 24.3 Å². The van der Waals surface area contributed by atoms with E-state index >= 15 is 0 Å². The second-order valence-corrected chi connectivity index (χ2v) is 4.97. The van der Waals surface area contributed by atoms with Crippen molar-refractivity contribution >= 4 is 12.1 Å². The lowest BCUT2D eigenvalue weighted by molar-refractivity contribution is -0.253. The van der Waals surface area contributed by atoms with Gasteiger partial charge >= 0.3 is 12.5 Å². The first-order chi connectivity index (χ1) is 12.3. The first-order valence-corrected chi connectivity index (χ1v) is 7.24. The van der Waals surface area contributed by atoms with Crippen LogP contribution in [0.4, 0.5) is 17.6 Å². The number of hydrogen-bond donors (Lipinski definition) is 1. The molecule has 1 amide bonds. The summed E-state index contributed by atoms with van der Waals surface area (Å²) in [5.74, 6) is -0.695. The summed E-state index contributed by atoms with van der Waals surface area (Å²) >= 11 is 0. The van der Waals surface area contributed by atoms with Crippen molar-refractivity contribution in [1.82, 2.24) is 5.43 Å². The van der Waals surface area contributed by atoms with E-state index in [0.717, 1.165) is 12.1 Å². The molecule has 2 aromatic carbocycles. The number of benzene rings is 2. The molecule has 138 valence electrons. The third-order valence-electron chi connectivity index (χ3n) is 3.08. The first kappa shape index (κ1) is 19.2. The Labute approximate surface area is 146 Å². The standard InChI is InChI=1S/C17H14F4N2O3/c1-25-13-6-2-4-11(8-13)10-22-23-15(24)12-5-3-7-14(9-12)26-17(20,21)16(18)19/h2-10,16H,1H3,(H,23,24)/b22-10-. The second-order valence-electron chi connectivity index (χ2n) is 4.97. The Balaban J connectivity index is 2.03. The van der Waals surface area contributed by atoms with Crippen molar-refractivity contribution in [2.45, 2.75) is 12.5 Å². The highest BCUT2D eigenvalue weighted by atomic mass is 19.3. The van der Waals surface area contributed by atoms with Gasteiger partial charge in [-0.2, -0.15) is 22.7 Å². The highest BCUT2D eigenvalue weighted by Crippen LogP contribution is 2.27. The van der Waals surface area contributed by atoms with Crippen LogP contribution < -0.4 is 14.9 Å². The SMILES string of the molecule is COc1cccc(/C=N\NC(=O)c2cccc(OC(F)(F)C(F)F)c2)c1. The number of alkyl halides is 4. The zero-order chi connectivity index (χ0) is 19.2. The number of amides is 1. The second kappa shape index (κ2) is 8.32. The van der Waals surface area contributed by atoms with Crippen LogP contribution in [0.3, 0.4) is 0 Å².